The van der Waals surface area contributed by atoms with E-state index in [9.17, 15) is 8.60 Å². The number of nitrogen functional groups attached to an aromatic ring is 1. The van der Waals surface area contributed by atoms with Crippen molar-refractivity contribution < 1.29 is 8.60 Å². The van der Waals surface area contributed by atoms with E-state index in [1.54, 1.807) is 36.7 Å². The third-order valence-corrected chi connectivity index (χ3v) is 4.34. The smallest absolute Gasteiger partial charge is 0.220 e. The van der Waals surface area contributed by atoms with Gasteiger partial charge in [0.15, 0.2) is 0 Å². The largest absolute Gasteiger partial charge is 0.368 e. The normalized spacial score (nSPS) is 12.1. The lowest BCUT2D eigenvalue weighted by Gasteiger charge is -2.10. The molecule has 1 heterocycles. The molecule has 0 aliphatic carbocycles. The van der Waals surface area contributed by atoms with Gasteiger partial charge in [-0.15, -0.1) is 0 Å². The minimum Gasteiger partial charge on any atom is -0.368 e. The summed E-state index contributed by atoms with van der Waals surface area (Å²) in [7, 11) is -1.05. The number of anilines is 1. The van der Waals surface area contributed by atoms with E-state index in [1.807, 2.05) is 12.1 Å². The second kappa shape index (κ2) is 6.26. The summed E-state index contributed by atoms with van der Waals surface area (Å²) in [5.41, 5.74) is 8.47. The van der Waals surface area contributed by atoms with Crippen molar-refractivity contribution >= 4 is 16.7 Å². The molecule has 1 unspecified atom stereocenters. The van der Waals surface area contributed by atoms with E-state index in [2.05, 4.69) is 9.97 Å². The Hall–Kier alpha value is -2.60. The Balaban J connectivity index is 2.15. The van der Waals surface area contributed by atoms with Crippen LogP contribution in [0, 0.1) is 5.82 Å². The van der Waals surface area contributed by atoms with Gasteiger partial charge in [0, 0.05) is 39.3 Å². The molecular formula is C17H14FN3OS. The van der Waals surface area contributed by atoms with Gasteiger partial charge in [0.1, 0.15) is 5.82 Å². The molecule has 2 N–H and O–H groups in total. The average Bonchev–Trinajstić information content (AvgIpc) is 2.55. The van der Waals surface area contributed by atoms with E-state index in [-0.39, 0.29) is 11.8 Å². The lowest BCUT2D eigenvalue weighted by atomic mass is 10.0. The summed E-state index contributed by atoms with van der Waals surface area (Å²) < 4.78 is 25.0. The minimum atomic E-state index is -1.05. The number of hydrogen-bond acceptors (Lipinski definition) is 4. The number of nitrogens with zero attached hydrogens (tertiary/aromatic N) is 2. The number of aromatic nitrogens is 2. The number of rotatable bonds is 3. The number of nitrogens with two attached hydrogens (primary N) is 1. The summed E-state index contributed by atoms with van der Waals surface area (Å²) in [6, 6.07) is 13.4. The Kier molecular flexibility index (Phi) is 4.16. The van der Waals surface area contributed by atoms with Gasteiger partial charge in [-0.05, 0) is 29.8 Å². The number of benzene rings is 2. The SMILES string of the molecule is CS(=O)c1ccc(-c2nc(N)ncc2-c2cccc(F)c2)cc1. The molecule has 0 saturated heterocycles. The van der Waals surface area contributed by atoms with Gasteiger partial charge in [-0.1, -0.05) is 24.3 Å². The van der Waals surface area contributed by atoms with Gasteiger partial charge in [-0.2, -0.15) is 0 Å². The minimum absolute atomic E-state index is 0.142. The summed E-state index contributed by atoms with van der Waals surface area (Å²) in [6.07, 6.45) is 3.20. The van der Waals surface area contributed by atoms with Crippen molar-refractivity contribution in [2.45, 2.75) is 4.90 Å². The van der Waals surface area contributed by atoms with Crippen LogP contribution < -0.4 is 5.73 Å². The Morgan fingerprint density at radius 2 is 1.83 bits per heavy atom. The predicted molar refractivity (Wildman–Crippen MR) is 89.6 cm³/mol. The van der Waals surface area contributed by atoms with E-state index >= 15 is 0 Å². The van der Waals surface area contributed by atoms with E-state index < -0.39 is 10.8 Å². The zero-order valence-corrected chi connectivity index (χ0v) is 13.2. The lowest BCUT2D eigenvalue weighted by molar-refractivity contribution is 0.628. The molecule has 1 atom stereocenters. The van der Waals surface area contributed by atoms with Crippen molar-refractivity contribution in [2.75, 3.05) is 12.0 Å². The molecule has 0 spiro atoms. The van der Waals surface area contributed by atoms with Crippen molar-refractivity contribution in [1.29, 1.82) is 0 Å². The maximum absolute atomic E-state index is 13.5. The van der Waals surface area contributed by atoms with Gasteiger partial charge in [0.05, 0.1) is 5.69 Å². The molecule has 0 saturated carbocycles. The number of halogens is 1. The summed E-state index contributed by atoms with van der Waals surface area (Å²) in [4.78, 5) is 9.03. The molecule has 4 nitrogen and oxygen atoms in total. The third-order valence-electron chi connectivity index (χ3n) is 3.40. The van der Waals surface area contributed by atoms with Gasteiger partial charge in [-0.3, -0.25) is 4.21 Å². The second-order valence-electron chi connectivity index (χ2n) is 4.98. The fraction of sp³-hybridized carbons (Fsp3) is 0.0588. The maximum Gasteiger partial charge on any atom is 0.220 e. The molecule has 3 aromatic rings. The molecule has 0 amide bonds. The van der Waals surface area contributed by atoms with Crippen molar-refractivity contribution in [1.82, 2.24) is 9.97 Å². The highest BCUT2D eigenvalue weighted by Crippen LogP contribution is 2.31. The first-order valence-electron chi connectivity index (χ1n) is 6.87. The summed E-state index contributed by atoms with van der Waals surface area (Å²) >= 11 is 0. The molecule has 2 aromatic carbocycles. The first kappa shape index (κ1) is 15.3. The topological polar surface area (TPSA) is 68.9 Å². The highest BCUT2D eigenvalue weighted by Gasteiger charge is 2.12. The van der Waals surface area contributed by atoms with E-state index in [0.717, 1.165) is 10.5 Å². The molecule has 0 radical (unpaired) electrons. The molecule has 0 aliphatic heterocycles. The van der Waals surface area contributed by atoms with Gasteiger partial charge in [0.25, 0.3) is 0 Å². The molecule has 1 aromatic heterocycles. The molecule has 23 heavy (non-hydrogen) atoms. The quantitative estimate of drug-likeness (QED) is 0.801. The van der Waals surface area contributed by atoms with Crippen LogP contribution in [0.4, 0.5) is 10.3 Å². The van der Waals surface area contributed by atoms with Crippen LogP contribution in [0.2, 0.25) is 0 Å². The van der Waals surface area contributed by atoms with E-state index in [0.29, 0.717) is 16.8 Å². The van der Waals surface area contributed by atoms with Crippen molar-refractivity contribution in [2.24, 2.45) is 0 Å². The molecule has 0 aliphatic rings. The zero-order chi connectivity index (χ0) is 16.4. The summed E-state index contributed by atoms with van der Waals surface area (Å²) in [5, 5.41) is 0. The van der Waals surface area contributed by atoms with Crippen LogP contribution in [0.5, 0.6) is 0 Å². The third kappa shape index (κ3) is 3.27. The van der Waals surface area contributed by atoms with Gasteiger partial charge in [-0.25, -0.2) is 14.4 Å². The van der Waals surface area contributed by atoms with Crippen LogP contribution in [0.1, 0.15) is 0 Å². The highest BCUT2D eigenvalue weighted by molar-refractivity contribution is 7.84. The van der Waals surface area contributed by atoms with Crippen LogP contribution in [0.3, 0.4) is 0 Å². The van der Waals surface area contributed by atoms with Gasteiger partial charge < -0.3 is 5.73 Å². The fourth-order valence-electron chi connectivity index (χ4n) is 2.29. The van der Waals surface area contributed by atoms with E-state index in [1.165, 1.54) is 12.1 Å². The Morgan fingerprint density at radius 3 is 2.48 bits per heavy atom. The lowest BCUT2D eigenvalue weighted by Crippen LogP contribution is -1.99. The summed E-state index contributed by atoms with van der Waals surface area (Å²) in [6.45, 7) is 0. The standard InChI is InChI=1S/C17H14FN3OS/c1-23(22)14-7-5-11(6-8-14)16-15(10-20-17(19)21-16)12-3-2-4-13(18)9-12/h2-10H,1H3,(H2,19,20,21). The first-order valence-corrected chi connectivity index (χ1v) is 8.43. The molecule has 6 heteroatoms. The first-order chi connectivity index (χ1) is 11.0. The molecular weight excluding hydrogens is 313 g/mol. The monoisotopic (exact) mass is 327 g/mol. The van der Waals surface area contributed by atoms with Crippen molar-refractivity contribution in [3.8, 4) is 22.4 Å². The number of hydrogen-bond donors (Lipinski definition) is 1. The van der Waals surface area contributed by atoms with Gasteiger partial charge >= 0.3 is 0 Å². The van der Waals surface area contributed by atoms with E-state index in [4.69, 9.17) is 5.73 Å². The summed E-state index contributed by atoms with van der Waals surface area (Å²) in [5.74, 6) is -0.190. The second-order valence-corrected chi connectivity index (χ2v) is 6.36. The molecule has 3 rings (SSSR count). The highest BCUT2D eigenvalue weighted by atomic mass is 32.2. The molecule has 116 valence electrons. The zero-order valence-electron chi connectivity index (χ0n) is 12.4. The van der Waals surface area contributed by atoms with Crippen molar-refractivity contribution in [3.05, 3.63) is 60.5 Å². The molecule has 0 fully saturated rings. The Morgan fingerprint density at radius 1 is 1.09 bits per heavy atom. The predicted octanol–water partition coefficient (Wildman–Crippen LogP) is 3.27. The Labute approximate surface area is 135 Å². The maximum atomic E-state index is 13.5. The van der Waals surface area contributed by atoms with Crippen LogP contribution in [-0.2, 0) is 10.8 Å². The van der Waals surface area contributed by atoms with Crippen LogP contribution >= 0.6 is 0 Å². The van der Waals surface area contributed by atoms with Gasteiger partial charge in [0.2, 0.25) is 5.95 Å². The molecule has 0 bridgehead atoms. The van der Waals surface area contributed by atoms with Crippen LogP contribution in [0.25, 0.3) is 22.4 Å². The van der Waals surface area contributed by atoms with Crippen LogP contribution in [-0.4, -0.2) is 20.4 Å². The average molecular weight is 327 g/mol. The fourth-order valence-corrected chi connectivity index (χ4v) is 2.81. The Bertz CT molecular complexity index is 881. The van der Waals surface area contributed by atoms with Crippen LogP contribution in [0.15, 0.2) is 59.6 Å². The van der Waals surface area contributed by atoms with Crippen molar-refractivity contribution in [3.63, 3.8) is 0 Å².